The molecular weight excluding hydrogens is 203 g/mol. The van der Waals surface area contributed by atoms with E-state index in [4.69, 9.17) is 5.11 Å². The highest BCUT2D eigenvalue weighted by atomic mass is 27.0. The average Bonchev–Trinajstić information content (AvgIpc) is 2.18. The second kappa shape index (κ2) is 4.48. The zero-order valence-corrected chi connectivity index (χ0v) is 9.55. The van der Waals surface area contributed by atoms with Crippen LogP contribution in [0.2, 0.25) is 0 Å². The number of carbonyl (C=O) groups is 1. The average molecular weight is 213 g/mol. The van der Waals surface area contributed by atoms with Gasteiger partial charge in [0.1, 0.15) is 0 Å². The van der Waals surface area contributed by atoms with Crippen LogP contribution in [-0.2, 0) is 0 Å². The van der Waals surface area contributed by atoms with Crippen molar-refractivity contribution in [2.75, 3.05) is 0 Å². The number of benzene rings is 2. The van der Waals surface area contributed by atoms with Crippen LogP contribution in [0.15, 0.2) is 36.4 Å². The molecule has 15 heavy (non-hydrogen) atoms. The number of hydrogen-bond donors (Lipinski definition) is 1. The van der Waals surface area contributed by atoms with Crippen LogP contribution in [0.1, 0.15) is 15.9 Å². The lowest BCUT2D eigenvalue weighted by Gasteiger charge is -2.02. The molecule has 0 saturated heterocycles. The van der Waals surface area contributed by atoms with Gasteiger partial charge in [-0.25, -0.2) is 4.79 Å². The third-order valence-electron chi connectivity index (χ3n) is 2.35. The number of hydrogen-bond acceptors (Lipinski definition) is 1. The van der Waals surface area contributed by atoms with Crippen LogP contribution in [0.3, 0.4) is 0 Å². The summed E-state index contributed by atoms with van der Waals surface area (Å²) in [5, 5.41) is 10.9. The van der Waals surface area contributed by atoms with E-state index in [-0.39, 0.29) is 17.4 Å². The first-order valence-electron chi connectivity index (χ1n) is 4.41. The second-order valence-electron chi connectivity index (χ2n) is 3.32. The summed E-state index contributed by atoms with van der Waals surface area (Å²) >= 11 is 0. The largest absolute Gasteiger partial charge is 0.478 e. The normalized spacial score (nSPS) is 9.67. The van der Waals surface area contributed by atoms with Gasteiger partial charge in [-0.2, -0.15) is 0 Å². The number of rotatable bonds is 1. The predicted molar refractivity (Wildman–Crippen MR) is 61.4 cm³/mol. The molecule has 0 atom stereocenters. The van der Waals surface area contributed by atoms with E-state index in [1.165, 1.54) is 0 Å². The van der Waals surface area contributed by atoms with Crippen molar-refractivity contribution in [3.63, 3.8) is 0 Å². The van der Waals surface area contributed by atoms with Gasteiger partial charge in [-0.3, -0.25) is 0 Å². The van der Waals surface area contributed by atoms with Crippen molar-refractivity contribution in [3.8, 4) is 0 Å². The Hall–Kier alpha value is -1.30. The highest BCUT2D eigenvalue weighted by Crippen LogP contribution is 2.19. The number of aromatic carboxylic acids is 1. The fraction of sp³-hybridized carbons (Fsp3) is 0.0833. The first-order chi connectivity index (χ1) is 6.68. The molecule has 0 aliphatic rings. The van der Waals surface area contributed by atoms with Crippen LogP contribution in [0, 0.1) is 6.92 Å². The number of fused-ring (bicyclic) bond motifs is 1. The SMILES string of the molecule is Cc1cccc2ccc(C(=O)O)cc12.[Al]. The molecule has 0 aliphatic heterocycles. The van der Waals surface area contributed by atoms with Crippen molar-refractivity contribution in [2.45, 2.75) is 6.92 Å². The van der Waals surface area contributed by atoms with Crippen molar-refractivity contribution in [1.29, 1.82) is 0 Å². The Morgan fingerprint density at radius 2 is 1.93 bits per heavy atom. The third kappa shape index (κ3) is 2.20. The van der Waals surface area contributed by atoms with Crippen LogP contribution in [-0.4, -0.2) is 28.4 Å². The zero-order valence-electron chi connectivity index (χ0n) is 8.40. The maximum Gasteiger partial charge on any atom is 0.335 e. The number of carboxylic acid groups (broad SMARTS) is 1. The molecule has 73 valence electrons. The van der Waals surface area contributed by atoms with Crippen LogP contribution >= 0.6 is 0 Å². The van der Waals surface area contributed by atoms with Crippen LogP contribution in [0.5, 0.6) is 0 Å². The molecule has 0 unspecified atom stereocenters. The molecule has 0 fully saturated rings. The van der Waals surface area contributed by atoms with Gasteiger partial charge in [0.25, 0.3) is 0 Å². The molecule has 0 aromatic heterocycles. The maximum atomic E-state index is 10.8. The van der Waals surface area contributed by atoms with Crippen molar-refractivity contribution < 1.29 is 9.90 Å². The fourth-order valence-electron chi connectivity index (χ4n) is 1.56. The monoisotopic (exact) mass is 213 g/mol. The Labute approximate surface area is 98.7 Å². The highest BCUT2D eigenvalue weighted by molar-refractivity contribution is 5.95. The van der Waals surface area contributed by atoms with Crippen LogP contribution in [0.25, 0.3) is 10.8 Å². The van der Waals surface area contributed by atoms with Gasteiger partial charge in [0.05, 0.1) is 5.56 Å². The third-order valence-corrected chi connectivity index (χ3v) is 2.35. The van der Waals surface area contributed by atoms with Gasteiger partial charge in [-0.1, -0.05) is 24.3 Å². The molecule has 3 radical (unpaired) electrons. The summed E-state index contributed by atoms with van der Waals surface area (Å²) < 4.78 is 0. The molecule has 2 rings (SSSR count). The van der Waals surface area contributed by atoms with Gasteiger partial charge < -0.3 is 5.11 Å². The van der Waals surface area contributed by atoms with Gasteiger partial charge in [-0.05, 0) is 35.4 Å². The molecule has 2 aromatic carbocycles. The summed E-state index contributed by atoms with van der Waals surface area (Å²) in [6.07, 6.45) is 0. The molecule has 2 nitrogen and oxygen atoms in total. The van der Waals surface area contributed by atoms with E-state index in [0.717, 1.165) is 16.3 Å². The van der Waals surface area contributed by atoms with E-state index in [0.29, 0.717) is 5.56 Å². The maximum absolute atomic E-state index is 10.8. The summed E-state index contributed by atoms with van der Waals surface area (Å²) in [4.78, 5) is 10.8. The topological polar surface area (TPSA) is 37.3 Å². The van der Waals surface area contributed by atoms with E-state index in [1.54, 1.807) is 12.1 Å². The quantitative estimate of drug-likeness (QED) is 0.739. The first kappa shape index (κ1) is 11.8. The Kier molecular flexibility index (Phi) is 3.52. The van der Waals surface area contributed by atoms with Gasteiger partial charge >= 0.3 is 5.97 Å². The molecule has 1 N–H and O–H groups in total. The van der Waals surface area contributed by atoms with Crippen molar-refractivity contribution in [3.05, 3.63) is 47.5 Å². The van der Waals surface area contributed by atoms with E-state index in [2.05, 4.69) is 0 Å². The first-order valence-corrected chi connectivity index (χ1v) is 4.41. The molecule has 0 heterocycles. The molecule has 0 spiro atoms. The lowest BCUT2D eigenvalue weighted by atomic mass is 10.0. The second-order valence-corrected chi connectivity index (χ2v) is 3.32. The molecule has 2 aromatic rings. The molecular formula is C12H10AlO2. The molecule has 0 bridgehead atoms. The zero-order chi connectivity index (χ0) is 10.1. The van der Waals surface area contributed by atoms with E-state index >= 15 is 0 Å². The molecule has 3 heteroatoms. The fourth-order valence-corrected chi connectivity index (χ4v) is 1.56. The lowest BCUT2D eigenvalue weighted by molar-refractivity contribution is 0.0697. The lowest BCUT2D eigenvalue weighted by Crippen LogP contribution is -1.95. The standard InChI is InChI=1S/C12H10O2.Al/c1-8-3-2-4-9-5-6-10(12(13)14)7-11(8)9;/h2-7H,1H3,(H,13,14);. The molecule has 0 saturated carbocycles. The molecule has 0 aliphatic carbocycles. The predicted octanol–water partition coefficient (Wildman–Crippen LogP) is 2.47. The van der Waals surface area contributed by atoms with Gasteiger partial charge in [0, 0.05) is 17.4 Å². The summed E-state index contributed by atoms with van der Waals surface area (Å²) in [5.41, 5.74) is 1.44. The smallest absolute Gasteiger partial charge is 0.335 e. The minimum Gasteiger partial charge on any atom is -0.478 e. The van der Waals surface area contributed by atoms with E-state index < -0.39 is 5.97 Å². The minimum atomic E-state index is -0.879. The summed E-state index contributed by atoms with van der Waals surface area (Å²) in [5.74, 6) is -0.879. The van der Waals surface area contributed by atoms with E-state index in [1.807, 2.05) is 31.2 Å². The van der Waals surface area contributed by atoms with Crippen molar-refractivity contribution in [2.24, 2.45) is 0 Å². The van der Waals surface area contributed by atoms with Crippen molar-refractivity contribution in [1.82, 2.24) is 0 Å². The Balaban J connectivity index is 0.00000112. The van der Waals surface area contributed by atoms with Crippen LogP contribution in [0.4, 0.5) is 0 Å². The van der Waals surface area contributed by atoms with Crippen molar-refractivity contribution >= 4 is 34.1 Å². The number of aryl methyl sites for hydroxylation is 1. The van der Waals surface area contributed by atoms with Gasteiger partial charge in [0.2, 0.25) is 0 Å². The summed E-state index contributed by atoms with van der Waals surface area (Å²) in [6.45, 7) is 1.98. The van der Waals surface area contributed by atoms with Gasteiger partial charge in [0.15, 0.2) is 0 Å². The van der Waals surface area contributed by atoms with Crippen LogP contribution < -0.4 is 0 Å². The highest BCUT2D eigenvalue weighted by Gasteiger charge is 2.04. The molecule has 0 amide bonds. The van der Waals surface area contributed by atoms with E-state index in [9.17, 15) is 4.79 Å². The number of carboxylic acids is 1. The Morgan fingerprint density at radius 3 is 2.60 bits per heavy atom. The minimum absolute atomic E-state index is 0. The summed E-state index contributed by atoms with van der Waals surface area (Å²) in [7, 11) is 0. The summed E-state index contributed by atoms with van der Waals surface area (Å²) in [6, 6.07) is 11.1. The Morgan fingerprint density at radius 1 is 1.20 bits per heavy atom. The van der Waals surface area contributed by atoms with Gasteiger partial charge in [-0.15, -0.1) is 0 Å². The Bertz CT molecular complexity index is 506.